The Morgan fingerprint density at radius 3 is 2.11 bits per heavy atom. The lowest BCUT2D eigenvalue weighted by atomic mass is 9.78. The molecule has 6 nitrogen and oxygen atoms in total. The molecule has 0 spiro atoms. The standard InChI is InChI=1S/C28H31BN2O4/c1-27(2)28(3,4)35-29(34-27)19-13-18(14-20(30)15-19)16-31-26(32)33-17-25-23-11-7-5-9-21(23)22-10-6-8-12-24(22)25/h5-15,25H,16-17,30H2,1-4H3,(H,31,32). The predicted octanol–water partition coefficient (Wildman–Crippen LogP) is 4.61. The van der Waals surface area contributed by atoms with Gasteiger partial charge in [-0.15, -0.1) is 0 Å². The second-order valence-electron chi connectivity index (χ2n) is 10.3. The number of fused-ring (bicyclic) bond motifs is 3. The number of carbonyl (C=O) groups is 1. The monoisotopic (exact) mass is 470 g/mol. The molecule has 5 rings (SSSR count). The molecule has 0 saturated carbocycles. The molecule has 1 heterocycles. The molecule has 1 saturated heterocycles. The van der Waals surface area contributed by atoms with Gasteiger partial charge in [-0.05, 0) is 73.1 Å². The number of ether oxygens (including phenoxy) is 1. The zero-order valence-corrected chi connectivity index (χ0v) is 20.6. The van der Waals surface area contributed by atoms with Gasteiger partial charge < -0.3 is 25.1 Å². The second kappa shape index (κ2) is 8.74. The molecule has 7 heteroatoms. The molecule has 2 aliphatic rings. The molecule has 180 valence electrons. The van der Waals surface area contributed by atoms with Crippen molar-refractivity contribution in [1.29, 1.82) is 0 Å². The van der Waals surface area contributed by atoms with Crippen LogP contribution in [0, 0.1) is 0 Å². The Kier molecular flexibility index (Phi) is 5.86. The number of benzene rings is 3. The van der Waals surface area contributed by atoms with Crippen molar-refractivity contribution in [2.75, 3.05) is 12.3 Å². The fourth-order valence-electron chi connectivity index (χ4n) is 4.79. The Bertz CT molecular complexity index is 1210. The smallest absolute Gasteiger partial charge is 0.449 e. The van der Waals surface area contributed by atoms with Crippen LogP contribution in [0.1, 0.15) is 50.3 Å². The number of carbonyl (C=O) groups excluding carboxylic acids is 1. The maximum Gasteiger partial charge on any atom is 0.494 e. The van der Waals surface area contributed by atoms with Crippen molar-refractivity contribution in [2.45, 2.75) is 51.4 Å². The van der Waals surface area contributed by atoms with Gasteiger partial charge in [-0.2, -0.15) is 0 Å². The highest BCUT2D eigenvalue weighted by molar-refractivity contribution is 6.62. The SMILES string of the molecule is CC1(C)OB(c2cc(N)cc(CNC(=O)OCC3c4ccccc4-c4ccccc43)c2)OC1(C)C. The molecule has 0 unspecified atom stereocenters. The highest BCUT2D eigenvalue weighted by Crippen LogP contribution is 2.44. The van der Waals surface area contributed by atoms with Gasteiger partial charge in [0.05, 0.1) is 11.2 Å². The largest absolute Gasteiger partial charge is 0.494 e. The van der Waals surface area contributed by atoms with Crippen LogP contribution in [-0.2, 0) is 20.6 Å². The Balaban J connectivity index is 1.23. The van der Waals surface area contributed by atoms with Gasteiger partial charge in [0.15, 0.2) is 0 Å². The molecule has 3 N–H and O–H groups in total. The van der Waals surface area contributed by atoms with E-state index in [0.29, 0.717) is 5.69 Å². The average molecular weight is 470 g/mol. The summed E-state index contributed by atoms with van der Waals surface area (Å²) in [5, 5.41) is 2.85. The molecule has 1 amide bonds. The molecule has 1 aliphatic heterocycles. The van der Waals surface area contributed by atoms with Crippen molar-refractivity contribution >= 4 is 24.4 Å². The van der Waals surface area contributed by atoms with Crippen molar-refractivity contribution in [2.24, 2.45) is 0 Å². The zero-order valence-electron chi connectivity index (χ0n) is 20.6. The van der Waals surface area contributed by atoms with Crippen LogP contribution < -0.4 is 16.5 Å². The van der Waals surface area contributed by atoms with Crippen LogP contribution in [0.15, 0.2) is 66.7 Å². The van der Waals surface area contributed by atoms with E-state index in [0.717, 1.165) is 11.0 Å². The van der Waals surface area contributed by atoms with Gasteiger partial charge in [0, 0.05) is 18.2 Å². The summed E-state index contributed by atoms with van der Waals surface area (Å²) in [5.74, 6) is 0.0236. The second-order valence-corrected chi connectivity index (χ2v) is 10.3. The number of nitrogen functional groups attached to an aromatic ring is 1. The lowest BCUT2D eigenvalue weighted by molar-refractivity contribution is 0.00578. The molecular weight excluding hydrogens is 439 g/mol. The first-order chi connectivity index (χ1) is 16.6. The summed E-state index contributed by atoms with van der Waals surface area (Å²) in [6.45, 7) is 8.61. The Hall–Kier alpha value is -3.29. The first-order valence-electron chi connectivity index (χ1n) is 12.0. The fraction of sp³-hybridized carbons (Fsp3) is 0.321. The van der Waals surface area contributed by atoms with E-state index in [1.807, 2.05) is 70.2 Å². The van der Waals surface area contributed by atoms with Crippen LogP contribution in [0.4, 0.5) is 10.5 Å². The first kappa shape index (κ1) is 23.5. The summed E-state index contributed by atoms with van der Waals surface area (Å²) in [6, 6.07) is 22.2. The number of nitrogens with two attached hydrogens (primary N) is 1. The molecule has 3 aromatic carbocycles. The lowest BCUT2D eigenvalue weighted by Gasteiger charge is -2.32. The Morgan fingerprint density at radius 2 is 1.51 bits per heavy atom. The van der Waals surface area contributed by atoms with Crippen LogP contribution in [0.2, 0.25) is 0 Å². The fourth-order valence-corrected chi connectivity index (χ4v) is 4.79. The molecule has 0 bridgehead atoms. The number of hydrogen-bond acceptors (Lipinski definition) is 5. The molecular formula is C28H31BN2O4. The maximum absolute atomic E-state index is 12.6. The van der Waals surface area contributed by atoms with Crippen molar-refractivity contribution in [1.82, 2.24) is 5.32 Å². The van der Waals surface area contributed by atoms with E-state index in [2.05, 4.69) is 29.6 Å². The summed E-state index contributed by atoms with van der Waals surface area (Å²) in [6.07, 6.45) is -0.466. The molecule has 0 aromatic heterocycles. The van der Waals surface area contributed by atoms with Gasteiger partial charge >= 0.3 is 13.2 Å². The summed E-state index contributed by atoms with van der Waals surface area (Å²) in [4.78, 5) is 12.6. The number of anilines is 1. The van der Waals surface area contributed by atoms with E-state index in [4.69, 9.17) is 19.8 Å². The van der Waals surface area contributed by atoms with Gasteiger partial charge in [-0.3, -0.25) is 0 Å². The third-order valence-corrected chi connectivity index (χ3v) is 7.34. The average Bonchev–Trinajstić information content (AvgIpc) is 3.25. The third kappa shape index (κ3) is 4.42. The summed E-state index contributed by atoms with van der Waals surface area (Å²) in [7, 11) is -0.517. The first-order valence-corrected chi connectivity index (χ1v) is 12.0. The van der Waals surface area contributed by atoms with Gasteiger partial charge in [-0.25, -0.2) is 4.79 Å². The van der Waals surface area contributed by atoms with Crippen LogP contribution in [-0.4, -0.2) is 31.0 Å². The minimum Gasteiger partial charge on any atom is -0.449 e. The van der Waals surface area contributed by atoms with Crippen molar-refractivity contribution in [3.05, 3.63) is 83.4 Å². The predicted molar refractivity (Wildman–Crippen MR) is 138 cm³/mol. The van der Waals surface area contributed by atoms with Crippen LogP contribution >= 0.6 is 0 Å². The van der Waals surface area contributed by atoms with Crippen LogP contribution in [0.25, 0.3) is 11.1 Å². The van der Waals surface area contributed by atoms with E-state index in [9.17, 15) is 4.79 Å². The highest BCUT2D eigenvalue weighted by Gasteiger charge is 2.51. The quantitative estimate of drug-likeness (QED) is 0.421. The zero-order chi connectivity index (χ0) is 24.8. The van der Waals surface area contributed by atoms with Crippen molar-refractivity contribution in [3.63, 3.8) is 0 Å². The number of amides is 1. The number of rotatable bonds is 5. The molecule has 1 fully saturated rings. The van der Waals surface area contributed by atoms with E-state index < -0.39 is 24.4 Å². The minimum absolute atomic E-state index is 0.0236. The van der Waals surface area contributed by atoms with Gasteiger partial charge in [0.1, 0.15) is 6.61 Å². The molecule has 3 aromatic rings. The number of alkyl carbamates (subject to hydrolysis) is 1. The lowest BCUT2D eigenvalue weighted by Crippen LogP contribution is -2.41. The maximum atomic E-state index is 12.6. The highest BCUT2D eigenvalue weighted by atomic mass is 16.7. The molecule has 1 aliphatic carbocycles. The van der Waals surface area contributed by atoms with Gasteiger partial charge in [0.2, 0.25) is 0 Å². The molecule has 0 atom stereocenters. The Labute approximate surface area is 206 Å². The number of nitrogens with one attached hydrogen (secondary N) is 1. The van der Waals surface area contributed by atoms with Crippen LogP contribution in [0.3, 0.4) is 0 Å². The van der Waals surface area contributed by atoms with Gasteiger partial charge in [0.25, 0.3) is 0 Å². The normalized spacial score (nSPS) is 17.7. The molecule has 35 heavy (non-hydrogen) atoms. The van der Waals surface area contributed by atoms with Gasteiger partial charge in [-0.1, -0.05) is 54.6 Å². The summed E-state index contributed by atoms with van der Waals surface area (Å²) < 4.78 is 17.9. The van der Waals surface area contributed by atoms with E-state index in [-0.39, 0.29) is 19.1 Å². The van der Waals surface area contributed by atoms with E-state index >= 15 is 0 Å². The molecule has 0 radical (unpaired) electrons. The third-order valence-electron chi connectivity index (χ3n) is 7.34. The van der Waals surface area contributed by atoms with Crippen molar-refractivity contribution < 1.29 is 18.8 Å². The van der Waals surface area contributed by atoms with E-state index in [1.54, 1.807) is 0 Å². The topological polar surface area (TPSA) is 82.8 Å². The summed E-state index contributed by atoms with van der Waals surface area (Å²) >= 11 is 0. The van der Waals surface area contributed by atoms with E-state index in [1.165, 1.54) is 22.3 Å². The van der Waals surface area contributed by atoms with Crippen LogP contribution in [0.5, 0.6) is 0 Å². The number of hydrogen-bond donors (Lipinski definition) is 2. The Morgan fingerprint density at radius 1 is 0.943 bits per heavy atom. The minimum atomic E-state index is -0.517. The van der Waals surface area contributed by atoms with Crippen molar-refractivity contribution in [3.8, 4) is 11.1 Å². The summed E-state index contributed by atoms with van der Waals surface area (Å²) in [5.41, 5.74) is 12.3.